The van der Waals surface area contributed by atoms with Crippen molar-refractivity contribution in [1.82, 2.24) is 5.32 Å². The summed E-state index contributed by atoms with van der Waals surface area (Å²) in [5.41, 5.74) is -1.58. The van der Waals surface area contributed by atoms with Crippen LogP contribution in [0.15, 0.2) is 30.1 Å². The molecule has 1 amide bonds. The molecule has 0 atom stereocenters. The second-order valence-corrected chi connectivity index (χ2v) is 6.47. The molecule has 0 aliphatic heterocycles. The lowest BCUT2D eigenvalue weighted by molar-refractivity contribution is -0.137. The van der Waals surface area contributed by atoms with E-state index in [0.29, 0.717) is 6.07 Å². The quantitative estimate of drug-likeness (QED) is 0.733. The summed E-state index contributed by atoms with van der Waals surface area (Å²) in [6.07, 6.45) is -5.12. The number of ether oxygens (including phenoxy) is 1. The molecule has 0 aliphatic rings. The van der Waals surface area contributed by atoms with Gasteiger partial charge in [-0.25, -0.2) is 13.6 Å². The van der Waals surface area contributed by atoms with Crippen molar-refractivity contribution in [2.24, 2.45) is 0 Å². The third-order valence-corrected chi connectivity index (χ3v) is 3.03. The van der Waals surface area contributed by atoms with E-state index in [0.717, 1.165) is 12.1 Å². The van der Waals surface area contributed by atoms with Gasteiger partial charge in [-0.05, 0) is 62.9 Å². The number of rotatable bonds is 5. The smallest absolute Gasteiger partial charge is 0.416 e. The van der Waals surface area contributed by atoms with Gasteiger partial charge in [0, 0.05) is 6.54 Å². The molecule has 1 aromatic carbocycles. The fourth-order valence-electron chi connectivity index (χ4n) is 1.94. The van der Waals surface area contributed by atoms with Crippen LogP contribution < -0.4 is 5.32 Å². The van der Waals surface area contributed by atoms with Crippen LogP contribution in [0.5, 0.6) is 0 Å². The molecular formula is C17H20F5NO2. The predicted octanol–water partition coefficient (Wildman–Crippen LogP) is 5.16. The maximum Gasteiger partial charge on any atom is 0.416 e. The summed E-state index contributed by atoms with van der Waals surface area (Å²) >= 11 is 0. The number of hydrogen-bond acceptors (Lipinski definition) is 2. The lowest BCUT2D eigenvalue weighted by atomic mass is 10.0. The number of carbonyl (C=O) groups excluding carboxylic acids is 1. The van der Waals surface area contributed by atoms with Crippen LogP contribution in [0, 0.1) is 5.82 Å². The first-order valence-electron chi connectivity index (χ1n) is 7.52. The molecule has 1 rings (SSSR count). The number of aryl methyl sites for hydroxylation is 1. The summed E-state index contributed by atoms with van der Waals surface area (Å²) in [5.74, 6) is -1.01. The van der Waals surface area contributed by atoms with Crippen molar-refractivity contribution in [3.05, 3.63) is 47.0 Å². The number of alkyl halides is 3. The number of benzene rings is 1. The minimum Gasteiger partial charge on any atom is -0.444 e. The van der Waals surface area contributed by atoms with Gasteiger partial charge in [0.1, 0.15) is 11.4 Å². The maximum atomic E-state index is 13.3. The van der Waals surface area contributed by atoms with Crippen molar-refractivity contribution in [3.8, 4) is 0 Å². The van der Waals surface area contributed by atoms with Crippen LogP contribution in [0.2, 0.25) is 0 Å². The molecular weight excluding hydrogens is 345 g/mol. The Balaban J connectivity index is 2.64. The van der Waals surface area contributed by atoms with Gasteiger partial charge in [-0.1, -0.05) is 0 Å². The number of carbonyl (C=O) groups is 1. The zero-order valence-electron chi connectivity index (χ0n) is 14.1. The monoisotopic (exact) mass is 365 g/mol. The molecule has 0 heterocycles. The Bertz CT molecular complexity index is 633. The maximum absolute atomic E-state index is 13.3. The third kappa shape index (κ3) is 8.00. The first-order valence-corrected chi connectivity index (χ1v) is 7.52. The molecule has 0 saturated carbocycles. The van der Waals surface area contributed by atoms with E-state index in [1.807, 2.05) is 0 Å². The SMILES string of the molecule is CC(C)(C)OC(=O)NC/C(=C\F)CCc1cc(F)cc(C(F)(F)F)c1. The van der Waals surface area contributed by atoms with Gasteiger partial charge in [0.2, 0.25) is 0 Å². The largest absolute Gasteiger partial charge is 0.444 e. The van der Waals surface area contributed by atoms with E-state index in [-0.39, 0.29) is 36.9 Å². The summed E-state index contributed by atoms with van der Waals surface area (Å²) in [6.45, 7) is 4.84. The zero-order chi connectivity index (χ0) is 19.3. The Kier molecular flexibility index (Phi) is 6.96. The molecule has 1 aromatic rings. The number of amides is 1. The van der Waals surface area contributed by atoms with Gasteiger partial charge in [-0.3, -0.25) is 0 Å². The van der Waals surface area contributed by atoms with Crippen molar-refractivity contribution < 1.29 is 31.5 Å². The van der Waals surface area contributed by atoms with E-state index in [2.05, 4.69) is 5.32 Å². The Morgan fingerprint density at radius 3 is 2.36 bits per heavy atom. The van der Waals surface area contributed by atoms with Crippen LogP contribution >= 0.6 is 0 Å². The van der Waals surface area contributed by atoms with Crippen LogP contribution in [-0.2, 0) is 17.3 Å². The van der Waals surface area contributed by atoms with E-state index in [9.17, 15) is 26.7 Å². The van der Waals surface area contributed by atoms with Crippen molar-refractivity contribution in [1.29, 1.82) is 0 Å². The van der Waals surface area contributed by atoms with E-state index in [1.165, 1.54) is 0 Å². The topological polar surface area (TPSA) is 38.3 Å². The first-order chi connectivity index (χ1) is 11.4. The van der Waals surface area contributed by atoms with Crippen LogP contribution in [0.1, 0.15) is 38.3 Å². The highest BCUT2D eigenvalue weighted by atomic mass is 19.4. The fourth-order valence-corrected chi connectivity index (χ4v) is 1.94. The van der Waals surface area contributed by atoms with Crippen molar-refractivity contribution in [2.75, 3.05) is 6.54 Å². The highest BCUT2D eigenvalue weighted by Gasteiger charge is 2.31. The zero-order valence-corrected chi connectivity index (χ0v) is 14.1. The van der Waals surface area contributed by atoms with Crippen LogP contribution in [0.3, 0.4) is 0 Å². The number of halogens is 5. The van der Waals surface area contributed by atoms with Gasteiger partial charge < -0.3 is 10.1 Å². The molecule has 0 spiro atoms. The van der Waals surface area contributed by atoms with E-state index < -0.39 is 29.3 Å². The van der Waals surface area contributed by atoms with Crippen LogP contribution in [0.4, 0.5) is 26.7 Å². The van der Waals surface area contributed by atoms with Crippen molar-refractivity contribution in [2.45, 2.75) is 45.4 Å². The number of hydrogen-bond donors (Lipinski definition) is 1. The third-order valence-electron chi connectivity index (χ3n) is 3.03. The Morgan fingerprint density at radius 2 is 1.84 bits per heavy atom. The van der Waals surface area contributed by atoms with E-state index in [1.54, 1.807) is 20.8 Å². The lowest BCUT2D eigenvalue weighted by Crippen LogP contribution is -2.33. The predicted molar refractivity (Wildman–Crippen MR) is 83.2 cm³/mol. The second-order valence-electron chi connectivity index (χ2n) is 6.47. The summed E-state index contributed by atoms with van der Waals surface area (Å²) in [6, 6.07) is 2.19. The highest BCUT2D eigenvalue weighted by molar-refractivity contribution is 5.68. The van der Waals surface area contributed by atoms with Crippen molar-refractivity contribution in [3.63, 3.8) is 0 Å². The Morgan fingerprint density at radius 1 is 1.20 bits per heavy atom. The molecule has 0 unspecified atom stereocenters. The normalized spacial score (nSPS) is 12.9. The molecule has 0 aromatic heterocycles. The van der Waals surface area contributed by atoms with Gasteiger partial charge in [0.05, 0.1) is 11.9 Å². The minimum atomic E-state index is -4.66. The average molecular weight is 365 g/mol. The van der Waals surface area contributed by atoms with Crippen molar-refractivity contribution >= 4 is 6.09 Å². The Labute approximate surface area is 142 Å². The summed E-state index contributed by atoms with van der Waals surface area (Å²) < 4.78 is 69.2. The van der Waals surface area contributed by atoms with Crippen LogP contribution in [0.25, 0.3) is 0 Å². The molecule has 0 aliphatic carbocycles. The summed E-state index contributed by atoms with van der Waals surface area (Å²) in [4.78, 5) is 11.5. The minimum absolute atomic E-state index is 0.00735. The lowest BCUT2D eigenvalue weighted by Gasteiger charge is -2.20. The molecule has 8 heteroatoms. The van der Waals surface area contributed by atoms with Gasteiger partial charge in [0.25, 0.3) is 0 Å². The molecule has 1 N–H and O–H groups in total. The molecule has 0 fully saturated rings. The fraction of sp³-hybridized carbons (Fsp3) is 0.471. The highest BCUT2D eigenvalue weighted by Crippen LogP contribution is 2.30. The van der Waals surface area contributed by atoms with Gasteiger partial charge >= 0.3 is 12.3 Å². The van der Waals surface area contributed by atoms with E-state index >= 15 is 0 Å². The molecule has 0 radical (unpaired) electrons. The Hall–Kier alpha value is -2.12. The average Bonchev–Trinajstić information content (AvgIpc) is 2.44. The van der Waals surface area contributed by atoms with Gasteiger partial charge in [0.15, 0.2) is 0 Å². The molecule has 25 heavy (non-hydrogen) atoms. The van der Waals surface area contributed by atoms with E-state index in [4.69, 9.17) is 4.74 Å². The van der Waals surface area contributed by atoms with Crippen LogP contribution in [-0.4, -0.2) is 18.2 Å². The molecule has 0 saturated heterocycles. The molecule has 3 nitrogen and oxygen atoms in total. The van der Waals surface area contributed by atoms with Gasteiger partial charge in [-0.15, -0.1) is 0 Å². The second kappa shape index (κ2) is 8.31. The summed E-state index contributed by atoms with van der Waals surface area (Å²) in [5, 5.41) is 2.35. The number of nitrogens with one attached hydrogen (secondary N) is 1. The molecule has 140 valence electrons. The molecule has 0 bridgehead atoms. The number of alkyl carbamates (subject to hydrolysis) is 1. The standard InChI is InChI=1S/C17H20F5NO2/c1-16(2,3)25-15(24)23-10-12(9-18)5-4-11-6-13(17(20,21)22)8-14(19)7-11/h6-9H,4-5,10H2,1-3H3,(H,23,24)/b12-9-. The first kappa shape index (κ1) is 20.9. The summed E-state index contributed by atoms with van der Waals surface area (Å²) in [7, 11) is 0. The van der Waals surface area contributed by atoms with Gasteiger partial charge in [-0.2, -0.15) is 13.2 Å².